The van der Waals surface area contributed by atoms with Crippen LogP contribution in [0.4, 0.5) is 0 Å². The number of hydrogen-bond donors (Lipinski definition) is 3. The Morgan fingerprint density at radius 2 is 1.74 bits per heavy atom. The van der Waals surface area contributed by atoms with Crippen LogP contribution in [0.5, 0.6) is 0 Å². The Morgan fingerprint density at radius 3 is 2.45 bits per heavy atom. The van der Waals surface area contributed by atoms with Crippen LogP contribution in [0.15, 0.2) is 5.16 Å². The first-order valence-electron chi connectivity index (χ1n) is 12.4. The molecule has 0 aromatic rings. The first kappa shape index (κ1) is 23.5. The summed E-state index contributed by atoms with van der Waals surface area (Å²) in [4.78, 5) is 7.57. The van der Waals surface area contributed by atoms with E-state index in [2.05, 4.69) is 19.0 Å². The molecule has 3 N–H and O–H groups in total. The van der Waals surface area contributed by atoms with Gasteiger partial charge in [-0.2, -0.15) is 0 Å². The van der Waals surface area contributed by atoms with E-state index in [0.717, 1.165) is 51.5 Å². The highest BCUT2D eigenvalue weighted by molar-refractivity contribution is 5.91. The van der Waals surface area contributed by atoms with Crippen molar-refractivity contribution in [1.82, 2.24) is 4.90 Å². The molecule has 2 unspecified atom stereocenters. The van der Waals surface area contributed by atoms with Crippen molar-refractivity contribution in [2.45, 2.75) is 95.9 Å². The van der Waals surface area contributed by atoms with E-state index in [1.54, 1.807) is 0 Å². The second kappa shape index (κ2) is 7.96. The van der Waals surface area contributed by atoms with Gasteiger partial charge in [0, 0.05) is 12.0 Å². The van der Waals surface area contributed by atoms with Gasteiger partial charge in [0.05, 0.1) is 17.4 Å². The summed E-state index contributed by atoms with van der Waals surface area (Å²) in [5.74, 6) is 1.23. The summed E-state index contributed by atoms with van der Waals surface area (Å²) in [6.45, 7) is 7.62. The summed E-state index contributed by atoms with van der Waals surface area (Å²) in [5.41, 5.74) is -1.83. The molecular weight excluding hydrogens is 392 g/mol. The molecule has 6 nitrogen and oxygen atoms in total. The minimum Gasteiger partial charge on any atom is -0.394 e. The lowest BCUT2D eigenvalue weighted by molar-refractivity contribution is -0.224. The number of hydrogen-bond acceptors (Lipinski definition) is 6. The molecule has 31 heavy (non-hydrogen) atoms. The summed E-state index contributed by atoms with van der Waals surface area (Å²) in [5, 5.41) is 38.7. The lowest BCUT2D eigenvalue weighted by atomic mass is 9.43. The lowest BCUT2D eigenvalue weighted by Crippen LogP contribution is -2.66. The highest BCUT2D eigenvalue weighted by atomic mass is 16.6. The summed E-state index contributed by atoms with van der Waals surface area (Å²) in [6.07, 6.45) is 7.75. The summed E-state index contributed by atoms with van der Waals surface area (Å²) in [7, 11) is 3.98. The third kappa shape index (κ3) is 3.39. The van der Waals surface area contributed by atoms with Gasteiger partial charge in [0.2, 0.25) is 0 Å². The number of fused-ring (bicyclic) bond motifs is 5. The minimum absolute atomic E-state index is 0.158. The fourth-order valence-corrected chi connectivity index (χ4v) is 8.24. The molecule has 0 bridgehead atoms. The van der Waals surface area contributed by atoms with Crippen LogP contribution in [0, 0.1) is 28.6 Å². The van der Waals surface area contributed by atoms with Crippen molar-refractivity contribution in [3.63, 3.8) is 0 Å². The predicted molar refractivity (Wildman–Crippen MR) is 122 cm³/mol. The molecule has 0 radical (unpaired) electrons. The van der Waals surface area contributed by atoms with Crippen LogP contribution in [0.25, 0.3) is 0 Å². The fraction of sp³-hybridized carbons (Fsp3) is 0.960. The van der Waals surface area contributed by atoms with Crippen molar-refractivity contribution in [2.24, 2.45) is 33.7 Å². The normalized spacial score (nSPS) is 50.0. The average molecular weight is 437 g/mol. The zero-order valence-electron chi connectivity index (χ0n) is 20.2. The maximum Gasteiger partial charge on any atom is 0.129 e. The van der Waals surface area contributed by atoms with E-state index in [4.69, 9.17) is 4.84 Å². The number of nitrogens with zero attached hydrogens (tertiary/aromatic N) is 2. The predicted octanol–water partition coefficient (Wildman–Crippen LogP) is 3.19. The van der Waals surface area contributed by atoms with Gasteiger partial charge in [-0.1, -0.05) is 19.0 Å². The second-order valence-electron chi connectivity index (χ2n) is 11.9. The molecule has 0 spiro atoms. The molecule has 4 rings (SSSR count). The first-order chi connectivity index (χ1) is 14.5. The largest absolute Gasteiger partial charge is 0.394 e. The zero-order valence-corrected chi connectivity index (χ0v) is 20.2. The van der Waals surface area contributed by atoms with Gasteiger partial charge in [-0.25, -0.2) is 0 Å². The van der Waals surface area contributed by atoms with Gasteiger partial charge in [0.1, 0.15) is 12.2 Å². The van der Waals surface area contributed by atoms with Gasteiger partial charge in [-0.05, 0) is 102 Å². The molecule has 178 valence electrons. The summed E-state index contributed by atoms with van der Waals surface area (Å²) >= 11 is 0. The van der Waals surface area contributed by atoms with Crippen molar-refractivity contribution in [3.8, 4) is 0 Å². The number of likely N-dealkylation sites (N-methyl/N-ethyl adjacent to an activating group) is 1. The number of oxime groups is 1. The van der Waals surface area contributed by atoms with Gasteiger partial charge in [-0.3, -0.25) is 0 Å². The molecule has 0 heterocycles. The average Bonchev–Trinajstić information content (AvgIpc) is 2.94. The quantitative estimate of drug-likeness (QED) is 0.350. The molecule has 0 aliphatic heterocycles. The molecule has 0 aromatic carbocycles. The molecule has 4 fully saturated rings. The van der Waals surface area contributed by atoms with Crippen LogP contribution < -0.4 is 0 Å². The van der Waals surface area contributed by atoms with Crippen molar-refractivity contribution < 1.29 is 20.2 Å². The maximum absolute atomic E-state index is 12.2. The highest BCUT2D eigenvalue weighted by Gasteiger charge is 2.72. The van der Waals surface area contributed by atoms with Crippen LogP contribution in [-0.2, 0) is 4.84 Å². The molecule has 0 aromatic heterocycles. The number of aliphatic hydroxyl groups excluding tert-OH is 1. The third-order valence-electron chi connectivity index (χ3n) is 10.4. The number of aliphatic hydroxyl groups is 3. The van der Waals surface area contributed by atoms with Crippen LogP contribution >= 0.6 is 0 Å². The van der Waals surface area contributed by atoms with E-state index >= 15 is 0 Å². The van der Waals surface area contributed by atoms with E-state index in [1.807, 2.05) is 25.9 Å². The van der Waals surface area contributed by atoms with Gasteiger partial charge in [-0.15, -0.1) is 0 Å². The highest BCUT2D eigenvalue weighted by Crippen LogP contribution is 2.70. The Bertz CT molecular complexity index is 714. The van der Waals surface area contributed by atoms with Crippen molar-refractivity contribution >= 4 is 5.71 Å². The molecule has 4 saturated carbocycles. The maximum atomic E-state index is 12.2. The summed E-state index contributed by atoms with van der Waals surface area (Å²) in [6, 6.07) is 0. The van der Waals surface area contributed by atoms with Crippen molar-refractivity contribution in [3.05, 3.63) is 0 Å². The third-order valence-corrected chi connectivity index (χ3v) is 10.4. The smallest absolute Gasteiger partial charge is 0.129 e. The molecule has 8 atom stereocenters. The van der Waals surface area contributed by atoms with E-state index in [0.29, 0.717) is 37.0 Å². The van der Waals surface area contributed by atoms with Crippen molar-refractivity contribution in [2.75, 3.05) is 27.2 Å². The van der Waals surface area contributed by atoms with E-state index in [1.165, 1.54) is 0 Å². The molecule has 6 heteroatoms. The van der Waals surface area contributed by atoms with E-state index < -0.39 is 16.6 Å². The summed E-state index contributed by atoms with van der Waals surface area (Å²) < 4.78 is 0. The Balaban J connectivity index is 1.57. The number of rotatable bonds is 5. The van der Waals surface area contributed by atoms with E-state index in [9.17, 15) is 15.3 Å². The Labute approximate surface area is 188 Å². The van der Waals surface area contributed by atoms with Crippen LogP contribution in [-0.4, -0.2) is 70.5 Å². The lowest BCUT2D eigenvalue weighted by Gasteiger charge is -2.64. The monoisotopic (exact) mass is 436 g/mol. The van der Waals surface area contributed by atoms with Crippen molar-refractivity contribution in [1.29, 1.82) is 0 Å². The van der Waals surface area contributed by atoms with Gasteiger partial charge in [0.25, 0.3) is 0 Å². The topological polar surface area (TPSA) is 85.5 Å². The van der Waals surface area contributed by atoms with Crippen LogP contribution in [0.3, 0.4) is 0 Å². The van der Waals surface area contributed by atoms with E-state index in [-0.39, 0.29) is 17.4 Å². The molecule has 0 saturated heterocycles. The minimum atomic E-state index is -1.13. The van der Waals surface area contributed by atoms with Gasteiger partial charge in [0.15, 0.2) is 0 Å². The first-order valence-corrected chi connectivity index (χ1v) is 12.4. The Morgan fingerprint density at radius 1 is 1.00 bits per heavy atom. The molecular formula is C25H44N2O4. The van der Waals surface area contributed by atoms with Crippen LogP contribution in [0.2, 0.25) is 0 Å². The fourth-order valence-electron chi connectivity index (χ4n) is 8.24. The molecule has 4 aliphatic carbocycles. The molecule has 4 aliphatic rings. The zero-order chi connectivity index (χ0) is 22.7. The SMILES string of the molecule is C/C(=N/OCCN(C)C)[C@@]1(O)CC[C@@]2(O)[C@@H]3CCC4CC(O)CC[C@]4(C)[C@H]3CC[C@@]21C. The van der Waals surface area contributed by atoms with Gasteiger partial charge >= 0.3 is 0 Å². The van der Waals surface area contributed by atoms with Gasteiger partial charge < -0.3 is 25.1 Å². The Kier molecular flexibility index (Phi) is 6.03. The van der Waals surface area contributed by atoms with Crippen LogP contribution in [0.1, 0.15) is 78.6 Å². The Hall–Kier alpha value is -0.690. The molecule has 0 amide bonds. The second-order valence-corrected chi connectivity index (χ2v) is 11.9. The standard InChI is InChI=1S/C25H44N2O4/c1-17(26-31-15-14-27(4)5)24(29)12-13-25(30)21-7-6-18-16-19(28)8-10-22(18,2)20(21)9-11-23(24,25)3/h18-21,28-30H,6-16H2,1-5H3/b26-17-/t18?,19?,20-,21+,22-,23+,24-,25+/m0/s1.